The largest absolute Gasteiger partial charge is 0.434 e. The second-order valence-corrected chi connectivity index (χ2v) is 11.7. The van der Waals surface area contributed by atoms with Gasteiger partial charge in [-0.3, -0.25) is 14.5 Å². The standard InChI is InChI=1S/C29H31F2N9O3S/c1-44-20-3-4-24(43-29(30)31)21(11-20)26-23(35-28(42)22-13-34-40-8-2-7-33-27(22)40)16-39(36-26)17-25(41)37-9-5-19(6-10-37)38-14-18(12-32)15-38/h2-4,7-8,11,13,16,18-19,26,29,36H,5-6,9-10,14-15,17H2,1H3,(H,35,42). The van der Waals surface area contributed by atoms with Crippen molar-refractivity contribution in [2.45, 2.75) is 36.4 Å². The summed E-state index contributed by atoms with van der Waals surface area (Å²) in [5, 5.41) is 17.7. The lowest BCUT2D eigenvalue weighted by Gasteiger charge is -2.45. The van der Waals surface area contributed by atoms with Crippen molar-refractivity contribution in [2.24, 2.45) is 5.92 Å². The molecule has 1 atom stereocenters. The van der Waals surface area contributed by atoms with E-state index >= 15 is 0 Å². The molecule has 1 aromatic carbocycles. The third-order valence-corrected chi connectivity index (χ3v) is 8.88. The van der Waals surface area contributed by atoms with Gasteiger partial charge < -0.3 is 20.0 Å². The van der Waals surface area contributed by atoms with E-state index in [1.165, 1.54) is 28.5 Å². The molecule has 1 unspecified atom stereocenters. The Balaban J connectivity index is 1.20. The fraction of sp³-hybridized carbons (Fsp3) is 0.414. The third-order valence-electron chi connectivity index (χ3n) is 8.16. The third kappa shape index (κ3) is 6.19. The number of thioether (sulfide) groups is 1. The number of hydrogen-bond donors (Lipinski definition) is 2. The molecule has 230 valence electrons. The minimum Gasteiger partial charge on any atom is -0.434 e. The number of likely N-dealkylation sites (tertiary alicyclic amines) is 2. The molecule has 2 N–H and O–H groups in total. The van der Waals surface area contributed by atoms with Crippen LogP contribution in [0.2, 0.25) is 0 Å². The fourth-order valence-electron chi connectivity index (χ4n) is 5.83. The van der Waals surface area contributed by atoms with E-state index in [9.17, 15) is 18.4 Å². The van der Waals surface area contributed by atoms with Crippen LogP contribution >= 0.6 is 11.8 Å². The molecule has 3 aliphatic rings. The van der Waals surface area contributed by atoms with Gasteiger partial charge in [0.15, 0.2) is 5.65 Å². The van der Waals surface area contributed by atoms with Crippen molar-refractivity contribution in [3.05, 3.63) is 65.9 Å². The van der Waals surface area contributed by atoms with E-state index in [-0.39, 0.29) is 29.7 Å². The van der Waals surface area contributed by atoms with Gasteiger partial charge in [0.2, 0.25) is 5.91 Å². The molecule has 0 spiro atoms. The first kappa shape index (κ1) is 29.8. The first-order valence-electron chi connectivity index (χ1n) is 14.2. The summed E-state index contributed by atoms with van der Waals surface area (Å²) in [6, 6.07) is 8.43. The zero-order chi connectivity index (χ0) is 30.8. The molecule has 2 fully saturated rings. The number of carbonyl (C=O) groups is 2. The van der Waals surface area contributed by atoms with Gasteiger partial charge in [-0.15, -0.1) is 11.8 Å². The maximum Gasteiger partial charge on any atom is 0.387 e. The average molecular weight is 624 g/mol. The highest BCUT2D eigenvalue weighted by Crippen LogP contribution is 2.36. The summed E-state index contributed by atoms with van der Waals surface area (Å²) >= 11 is 1.43. The van der Waals surface area contributed by atoms with Crippen LogP contribution in [0.4, 0.5) is 8.78 Å². The van der Waals surface area contributed by atoms with E-state index in [1.54, 1.807) is 41.8 Å². The zero-order valence-corrected chi connectivity index (χ0v) is 24.7. The Morgan fingerprint density at radius 2 is 2.07 bits per heavy atom. The summed E-state index contributed by atoms with van der Waals surface area (Å²) in [5.74, 6) is -0.551. The minimum absolute atomic E-state index is 0.0354. The lowest BCUT2D eigenvalue weighted by Crippen LogP contribution is -2.56. The van der Waals surface area contributed by atoms with Crippen LogP contribution in [0.3, 0.4) is 0 Å². The molecule has 6 rings (SSSR count). The van der Waals surface area contributed by atoms with E-state index in [0.29, 0.717) is 36.0 Å². The molecule has 0 radical (unpaired) electrons. The molecule has 15 heteroatoms. The molecular formula is C29H31F2N9O3S. The van der Waals surface area contributed by atoms with Gasteiger partial charge in [-0.05, 0) is 43.4 Å². The first-order valence-corrected chi connectivity index (χ1v) is 15.4. The van der Waals surface area contributed by atoms with Gasteiger partial charge in [0.05, 0.1) is 29.9 Å². The number of nitrogens with one attached hydrogen (secondary N) is 2. The van der Waals surface area contributed by atoms with E-state index < -0.39 is 18.6 Å². The molecule has 2 amide bonds. The SMILES string of the molecule is CSc1ccc(OC(F)F)c(C2NN(CC(=O)N3CCC(N4CC(C#N)C4)CC3)C=C2NC(=O)c2cnn3cccnc23)c1. The number of rotatable bonds is 9. The monoisotopic (exact) mass is 623 g/mol. The predicted molar refractivity (Wildman–Crippen MR) is 156 cm³/mol. The highest BCUT2D eigenvalue weighted by atomic mass is 32.2. The first-order chi connectivity index (χ1) is 21.3. The number of halogens is 2. The lowest BCUT2D eigenvalue weighted by atomic mass is 9.94. The number of amides is 2. The zero-order valence-electron chi connectivity index (χ0n) is 23.9. The number of piperidine rings is 1. The molecule has 5 heterocycles. The molecule has 0 saturated carbocycles. The molecule has 3 aromatic rings. The number of nitrogens with zero attached hydrogens (tertiary/aromatic N) is 7. The van der Waals surface area contributed by atoms with Crippen molar-refractivity contribution in [1.29, 1.82) is 5.26 Å². The number of nitriles is 1. The van der Waals surface area contributed by atoms with Crippen molar-refractivity contribution in [3.63, 3.8) is 0 Å². The number of aromatic nitrogens is 3. The summed E-state index contributed by atoms with van der Waals surface area (Å²) in [4.78, 5) is 35.9. The highest BCUT2D eigenvalue weighted by molar-refractivity contribution is 7.98. The number of benzene rings is 1. The highest BCUT2D eigenvalue weighted by Gasteiger charge is 2.36. The van der Waals surface area contributed by atoms with Gasteiger partial charge in [0.1, 0.15) is 17.9 Å². The quantitative estimate of drug-likeness (QED) is 0.343. The molecular weight excluding hydrogens is 592 g/mol. The van der Waals surface area contributed by atoms with Gasteiger partial charge in [-0.1, -0.05) is 0 Å². The van der Waals surface area contributed by atoms with Crippen LogP contribution in [0.1, 0.15) is 34.8 Å². The number of ether oxygens (including phenoxy) is 1. The maximum absolute atomic E-state index is 13.4. The normalized spacial score (nSPS) is 19.6. The summed E-state index contributed by atoms with van der Waals surface area (Å²) in [6.45, 7) is -0.310. The average Bonchev–Trinajstić information content (AvgIpc) is 3.61. The molecule has 0 bridgehead atoms. The summed E-state index contributed by atoms with van der Waals surface area (Å²) in [6.07, 6.45) is 9.76. The van der Waals surface area contributed by atoms with E-state index in [1.807, 2.05) is 11.2 Å². The maximum atomic E-state index is 13.4. The van der Waals surface area contributed by atoms with Crippen molar-refractivity contribution < 1.29 is 23.1 Å². The van der Waals surface area contributed by atoms with Crippen molar-refractivity contribution in [3.8, 4) is 11.8 Å². The second-order valence-electron chi connectivity index (χ2n) is 10.8. The predicted octanol–water partition coefficient (Wildman–Crippen LogP) is 2.63. The second kappa shape index (κ2) is 12.8. The van der Waals surface area contributed by atoms with Crippen LogP contribution in [0.25, 0.3) is 5.65 Å². The lowest BCUT2D eigenvalue weighted by molar-refractivity contribution is -0.134. The number of alkyl halides is 2. The van der Waals surface area contributed by atoms with Gasteiger partial charge in [-0.25, -0.2) is 14.9 Å². The van der Waals surface area contributed by atoms with Crippen molar-refractivity contribution in [1.82, 2.24) is 40.1 Å². The Kier molecular flexibility index (Phi) is 8.65. The topological polar surface area (TPSA) is 131 Å². The van der Waals surface area contributed by atoms with Crippen LogP contribution in [0.15, 0.2) is 59.6 Å². The Labute approximate surface area is 256 Å². The van der Waals surface area contributed by atoms with Crippen LogP contribution in [-0.2, 0) is 4.79 Å². The Morgan fingerprint density at radius 3 is 2.80 bits per heavy atom. The van der Waals surface area contributed by atoms with Crippen LogP contribution in [0, 0.1) is 17.2 Å². The van der Waals surface area contributed by atoms with E-state index in [2.05, 4.69) is 31.8 Å². The van der Waals surface area contributed by atoms with Crippen LogP contribution < -0.4 is 15.5 Å². The summed E-state index contributed by atoms with van der Waals surface area (Å²) in [5.41, 5.74) is 4.52. The van der Waals surface area contributed by atoms with E-state index in [4.69, 9.17) is 10.00 Å². The number of hydrazine groups is 1. The molecule has 44 heavy (non-hydrogen) atoms. The molecule has 3 aliphatic heterocycles. The minimum atomic E-state index is -3.05. The van der Waals surface area contributed by atoms with Gasteiger partial charge in [-0.2, -0.15) is 19.1 Å². The number of carbonyl (C=O) groups excluding carboxylic acids is 2. The van der Waals surface area contributed by atoms with Crippen LogP contribution in [0.5, 0.6) is 5.75 Å². The number of hydrogen-bond acceptors (Lipinski definition) is 10. The van der Waals surface area contributed by atoms with Crippen molar-refractivity contribution >= 4 is 29.2 Å². The summed E-state index contributed by atoms with van der Waals surface area (Å²) < 4.78 is 33.1. The van der Waals surface area contributed by atoms with Crippen molar-refractivity contribution in [2.75, 3.05) is 39.0 Å². The van der Waals surface area contributed by atoms with Crippen LogP contribution in [-0.4, -0.2) is 92.9 Å². The van der Waals surface area contributed by atoms with Gasteiger partial charge in [0.25, 0.3) is 5.91 Å². The van der Waals surface area contributed by atoms with E-state index in [0.717, 1.165) is 30.8 Å². The molecule has 0 aliphatic carbocycles. The Bertz CT molecular complexity index is 1610. The summed E-state index contributed by atoms with van der Waals surface area (Å²) in [7, 11) is 0. The smallest absolute Gasteiger partial charge is 0.387 e. The van der Waals surface area contributed by atoms with Gasteiger partial charge in [0, 0.05) is 61.3 Å². The number of fused-ring (bicyclic) bond motifs is 1. The van der Waals surface area contributed by atoms with Gasteiger partial charge >= 0.3 is 6.61 Å². The molecule has 2 aromatic heterocycles. The fourth-order valence-corrected chi connectivity index (χ4v) is 6.28. The molecule has 2 saturated heterocycles. The Morgan fingerprint density at radius 1 is 1.27 bits per heavy atom. The molecule has 12 nitrogen and oxygen atoms in total. The Hall–Kier alpha value is -4.26.